The molecular weight excluding hydrogens is 241 g/mol. The van der Waals surface area contributed by atoms with E-state index in [1.165, 1.54) is 23.5 Å². The van der Waals surface area contributed by atoms with E-state index in [9.17, 15) is 4.39 Å². The number of fused-ring (bicyclic) bond motifs is 1. The fraction of sp³-hybridized carbons (Fsp3) is 0.267. The predicted octanol–water partition coefficient (Wildman–Crippen LogP) is 2.73. The molecule has 0 N–H and O–H groups in total. The Kier molecular flexibility index (Phi) is 2.95. The number of likely N-dealkylation sites (N-methyl/N-ethyl adjacent to an activating group) is 1. The molecule has 2 heterocycles. The highest BCUT2D eigenvalue weighted by atomic mass is 19.1. The minimum absolute atomic E-state index is 0.434. The Morgan fingerprint density at radius 2 is 2.05 bits per heavy atom. The lowest BCUT2D eigenvalue weighted by atomic mass is 9.95. The van der Waals surface area contributed by atoms with E-state index in [1.54, 1.807) is 0 Å². The van der Waals surface area contributed by atoms with Crippen molar-refractivity contribution in [1.29, 1.82) is 0 Å². The summed E-state index contributed by atoms with van der Waals surface area (Å²) in [6.45, 7) is 0.966. The van der Waals surface area contributed by atoms with Crippen LogP contribution in [0.4, 0.5) is 10.1 Å². The molecule has 1 aromatic carbocycles. The summed E-state index contributed by atoms with van der Waals surface area (Å²) in [6.07, 6.45) is 2.49. The summed E-state index contributed by atoms with van der Waals surface area (Å²) in [7, 11) is 4.12. The van der Waals surface area contributed by atoms with Gasteiger partial charge in [-0.15, -0.1) is 0 Å². The van der Waals surface area contributed by atoms with Gasteiger partial charge < -0.3 is 5.01 Å². The lowest BCUT2D eigenvalue weighted by molar-refractivity contribution is 0.314. The van der Waals surface area contributed by atoms with Gasteiger partial charge in [-0.1, -0.05) is 12.1 Å². The monoisotopic (exact) mass is 257 g/mol. The third-order valence-corrected chi connectivity index (χ3v) is 3.74. The van der Waals surface area contributed by atoms with Gasteiger partial charge in [-0.05, 0) is 35.2 Å². The highest BCUT2D eigenvalue weighted by Crippen LogP contribution is 2.34. The summed E-state index contributed by atoms with van der Waals surface area (Å²) < 4.78 is 13.3. The van der Waals surface area contributed by atoms with Crippen LogP contribution in [0.1, 0.15) is 5.56 Å². The molecule has 3 nitrogen and oxygen atoms in total. The van der Waals surface area contributed by atoms with Crippen molar-refractivity contribution in [2.24, 2.45) is 0 Å². The first-order valence-corrected chi connectivity index (χ1v) is 6.35. The molecule has 0 atom stereocenters. The van der Waals surface area contributed by atoms with Gasteiger partial charge in [0.2, 0.25) is 5.95 Å². The molecule has 0 unspecified atom stereocenters. The maximum absolute atomic E-state index is 13.3. The molecule has 1 aliphatic rings. The minimum Gasteiger partial charge on any atom is -0.309 e. The zero-order chi connectivity index (χ0) is 13.4. The van der Waals surface area contributed by atoms with Gasteiger partial charge in [-0.25, -0.2) is 9.99 Å². The van der Waals surface area contributed by atoms with Crippen molar-refractivity contribution in [3.8, 4) is 11.1 Å². The number of nitrogens with zero attached hydrogens (tertiary/aromatic N) is 3. The molecule has 0 spiro atoms. The van der Waals surface area contributed by atoms with Gasteiger partial charge in [-0.3, -0.25) is 0 Å². The minimum atomic E-state index is -0.434. The number of aromatic nitrogens is 1. The summed E-state index contributed by atoms with van der Waals surface area (Å²) in [5, 5.41) is 4.32. The SMILES string of the molecule is CN1CCc2c(-c3ccnc(F)c3)cccc2N1C. The molecule has 0 saturated heterocycles. The van der Waals surface area contributed by atoms with Crippen LogP contribution in [-0.2, 0) is 6.42 Å². The summed E-state index contributed by atoms with van der Waals surface area (Å²) in [6, 6.07) is 9.52. The van der Waals surface area contributed by atoms with Crippen molar-refractivity contribution in [1.82, 2.24) is 9.99 Å². The predicted molar refractivity (Wildman–Crippen MR) is 74.4 cm³/mol. The number of hydrazine groups is 1. The van der Waals surface area contributed by atoms with Crippen LogP contribution in [0.3, 0.4) is 0 Å². The maximum atomic E-state index is 13.3. The number of rotatable bonds is 1. The third kappa shape index (κ3) is 2.08. The van der Waals surface area contributed by atoms with Crippen molar-refractivity contribution in [2.45, 2.75) is 6.42 Å². The van der Waals surface area contributed by atoms with Gasteiger partial charge in [0.1, 0.15) is 0 Å². The molecule has 1 aliphatic heterocycles. The number of hydrogen-bond donors (Lipinski definition) is 0. The third-order valence-electron chi connectivity index (χ3n) is 3.74. The average molecular weight is 257 g/mol. The lowest BCUT2D eigenvalue weighted by Gasteiger charge is -2.37. The molecule has 0 fully saturated rings. The largest absolute Gasteiger partial charge is 0.309 e. The first-order chi connectivity index (χ1) is 9.16. The molecule has 2 aromatic rings. The van der Waals surface area contributed by atoms with Gasteiger partial charge in [-0.2, -0.15) is 4.39 Å². The van der Waals surface area contributed by atoms with Crippen molar-refractivity contribution in [3.63, 3.8) is 0 Å². The Labute approximate surface area is 112 Å². The summed E-state index contributed by atoms with van der Waals surface area (Å²) >= 11 is 0. The Morgan fingerprint density at radius 1 is 1.21 bits per heavy atom. The first kappa shape index (κ1) is 12.1. The number of benzene rings is 1. The number of halogens is 1. The summed E-state index contributed by atoms with van der Waals surface area (Å²) in [5.41, 5.74) is 4.44. The van der Waals surface area contributed by atoms with Crippen LogP contribution in [-0.4, -0.2) is 30.6 Å². The van der Waals surface area contributed by atoms with E-state index in [0.717, 1.165) is 24.1 Å². The second-order valence-corrected chi connectivity index (χ2v) is 4.83. The Hall–Kier alpha value is -1.94. The van der Waals surface area contributed by atoms with Crippen molar-refractivity contribution in [3.05, 3.63) is 48.0 Å². The zero-order valence-corrected chi connectivity index (χ0v) is 11.1. The van der Waals surface area contributed by atoms with Crippen molar-refractivity contribution < 1.29 is 4.39 Å². The first-order valence-electron chi connectivity index (χ1n) is 6.35. The second-order valence-electron chi connectivity index (χ2n) is 4.83. The van der Waals surface area contributed by atoms with E-state index in [0.29, 0.717) is 0 Å². The standard InChI is InChI=1S/C15H16FN3/c1-18-9-7-13-12(4-3-5-14(13)19(18)2)11-6-8-17-15(16)10-11/h3-6,8,10H,7,9H2,1-2H3. The quantitative estimate of drug-likeness (QED) is 0.732. The summed E-state index contributed by atoms with van der Waals surface area (Å²) in [4.78, 5) is 3.62. The number of anilines is 1. The normalized spacial score (nSPS) is 15.4. The van der Waals surface area contributed by atoms with Crippen LogP contribution in [0.2, 0.25) is 0 Å². The highest BCUT2D eigenvalue weighted by molar-refractivity contribution is 5.74. The Bertz CT molecular complexity index is 612. The topological polar surface area (TPSA) is 19.4 Å². The molecule has 0 amide bonds. The fourth-order valence-electron chi connectivity index (χ4n) is 2.59. The van der Waals surface area contributed by atoms with E-state index in [2.05, 4.69) is 35.2 Å². The van der Waals surface area contributed by atoms with Crippen LogP contribution in [0, 0.1) is 5.95 Å². The molecule has 3 rings (SSSR count). The van der Waals surface area contributed by atoms with Crippen LogP contribution in [0.25, 0.3) is 11.1 Å². The zero-order valence-electron chi connectivity index (χ0n) is 11.1. The molecular formula is C15H16FN3. The molecule has 0 aliphatic carbocycles. The van der Waals surface area contributed by atoms with E-state index in [-0.39, 0.29) is 0 Å². The highest BCUT2D eigenvalue weighted by Gasteiger charge is 2.20. The van der Waals surface area contributed by atoms with Crippen LogP contribution in [0.15, 0.2) is 36.5 Å². The molecule has 4 heteroatoms. The number of pyridine rings is 1. The Balaban J connectivity index is 2.14. The fourth-order valence-corrected chi connectivity index (χ4v) is 2.59. The molecule has 0 radical (unpaired) electrons. The van der Waals surface area contributed by atoms with Crippen LogP contribution >= 0.6 is 0 Å². The molecule has 19 heavy (non-hydrogen) atoms. The second kappa shape index (κ2) is 4.63. The van der Waals surface area contributed by atoms with Crippen LogP contribution in [0.5, 0.6) is 0 Å². The van der Waals surface area contributed by atoms with Gasteiger partial charge in [0.15, 0.2) is 0 Å². The average Bonchev–Trinajstić information content (AvgIpc) is 2.42. The Morgan fingerprint density at radius 3 is 2.84 bits per heavy atom. The van der Waals surface area contributed by atoms with Crippen LogP contribution < -0.4 is 5.01 Å². The molecule has 1 aromatic heterocycles. The molecule has 0 bridgehead atoms. The van der Waals surface area contributed by atoms with E-state index >= 15 is 0 Å². The maximum Gasteiger partial charge on any atom is 0.213 e. The molecule has 98 valence electrons. The number of hydrogen-bond acceptors (Lipinski definition) is 3. The van der Waals surface area contributed by atoms with Gasteiger partial charge in [0.25, 0.3) is 0 Å². The van der Waals surface area contributed by atoms with E-state index in [1.807, 2.05) is 18.2 Å². The smallest absolute Gasteiger partial charge is 0.213 e. The molecule has 0 saturated carbocycles. The van der Waals surface area contributed by atoms with Crippen molar-refractivity contribution >= 4 is 5.69 Å². The lowest BCUT2D eigenvalue weighted by Crippen LogP contribution is -2.42. The van der Waals surface area contributed by atoms with E-state index < -0.39 is 5.95 Å². The van der Waals surface area contributed by atoms with Crippen molar-refractivity contribution in [2.75, 3.05) is 25.6 Å². The summed E-state index contributed by atoms with van der Waals surface area (Å²) in [5.74, 6) is -0.434. The van der Waals surface area contributed by atoms with Gasteiger partial charge in [0.05, 0.1) is 5.69 Å². The van der Waals surface area contributed by atoms with Gasteiger partial charge >= 0.3 is 0 Å². The van der Waals surface area contributed by atoms with Gasteiger partial charge in [0, 0.05) is 32.9 Å². The van der Waals surface area contributed by atoms with E-state index in [4.69, 9.17) is 0 Å².